The Morgan fingerprint density at radius 3 is 2.71 bits per heavy atom. The molecule has 2 heterocycles. The van der Waals surface area contributed by atoms with Crippen molar-refractivity contribution < 1.29 is 14.8 Å². The zero-order valence-corrected chi connectivity index (χ0v) is 14.2. The average molecular weight is 331 g/mol. The van der Waals surface area contributed by atoms with Crippen LogP contribution in [0.15, 0.2) is 24.3 Å². The van der Waals surface area contributed by atoms with Crippen molar-refractivity contribution in [2.45, 2.75) is 38.1 Å². The molecule has 1 aromatic carbocycles. The summed E-state index contributed by atoms with van der Waals surface area (Å²) in [6.07, 6.45) is 1.49. The van der Waals surface area contributed by atoms with Crippen LogP contribution in [-0.2, 0) is 15.0 Å². The van der Waals surface area contributed by atoms with Gasteiger partial charge in [-0.25, -0.2) is 5.48 Å². The molecule has 2 aliphatic rings. The fraction of sp³-hybridized carbons (Fsp3) is 0.556. The van der Waals surface area contributed by atoms with Crippen molar-refractivity contribution in [3.8, 4) is 0 Å². The molecule has 2 fully saturated rings. The molecule has 0 aromatic heterocycles. The number of hydrogen-bond acceptors (Lipinski definition) is 4. The monoisotopic (exact) mass is 331 g/mol. The molecule has 3 unspecified atom stereocenters. The van der Waals surface area contributed by atoms with Crippen LogP contribution in [0.25, 0.3) is 0 Å². The van der Waals surface area contributed by atoms with Gasteiger partial charge >= 0.3 is 0 Å². The third-order valence-electron chi connectivity index (χ3n) is 5.53. The van der Waals surface area contributed by atoms with E-state index in [0.717, 1.165) is 24.1 Å². The van der Waals surface area contributed by atoms with E-state index in [0.29, 0.717) is 19.5 Å². The van der Waals surface area contributed by atoms with Gasteiger partial charge in [0.1, 0.15) is 6.04 Å². The number of nitrogens with one attached hydrogen (secondary N) is 2. The summed E-state index contributed by atoms with van der Waals surface area (Å²) in [4.78, 5) is 27.1. The van der Waals surface area contributed by atoms with Crippen molar-refractivity contribution in [1.82, 2.24) is 15.7 Å². The molecule has 2 amide bonds. The molecule has 2 aliphatic heterocycles. The Morgan fingerprint density at radius 1 is 1.42 bits per heavy atom. The number of carbonyl (C=O) groups is 2. The van der Waals surface area contributed by atoms with E-state index >= 15 is 0 Å². The summed E-state index contributed by atoms with van der Waals surface area (Å²) < 4.78 is 0. The topological polar surface area (TPSA) is 81.7 Å². The predicted molar refractivity (Wildman–Crippen MR) is 89.6 cm³/mol. The fourth-order valence-corrected chi connectivity index (χ4v) is 3.95. The van der Waals surface area contributed by atoms with Crippen LogP contribution in [-0.4, -0.2) is 47.6 Å². The van der Waals surface area contributed by atoms with Gasteiger partial charge in [0.05, 0.1) is 5.41 Å². The lowest BCUT2D eigenvalue weighted by Gasteiger charge is -2.32. The van der Waals surface area contributed by atoms with Crippen LogP contribution in [0.4, 0.5) is 0 Å². The molecular weight excluding hydrogens is 306 g/mol. The van der Waals surface area contributed by atoms with Crippen molar-refractivity contribution in [2.75, 3.05) is 19.6 Å². The number of likely N-dealkylation sites (tertiary alicyclic amines) is 1. The summed E-state index contributed by atoms with van der Waals surface area (Å²) in [5.41, 5.74) is 3.27. The molecule has 0 aliphatic carbocycles. The number of hydrogen-bond donors (Lipinski definition) is 3. The number of nitrogens with zero attached hydrogens (tertiary/aromatic N) is 1. The summed E-state index contributed by atoms with van der Waals surface area (Å²) in [5, 5.41) is 12.4. The Bertz CT molecular complexity index is 625. The molecule has 0 bridgehead atoms. The van der Waals surface area contributed by atoms with Crippen LogP contribution in [0.3, 0.4) is 0 Å². The van der Waals surface area contributed by atoms with E-state index < -0.39 is 17.4 Å². The minimum absolute atomic E-state index is 0.0291. The molecule has 3 N–H and O–H groups in total. The van der Waals surface area contributed by atoms with Gasteiger partial charge in [-0.2, -0.15) is 0 Å². The zero-order chi connectivity index (χ0) is 17.3. The van der Waals surface area contributed by atoms with Crippen molar-refractivity contribution in [1.29, 1.82) is 0 Å². The van der Waals surface area contributed by atoms with Crippen LogP contribution >= 0.6 is 0 Å². The molecule has 0 saturated carbocycles. The van der Waals surface area contributed by atoms with E-state index in [1.165, 1.54) is 0 Å². The smallest absolute Gasteiger partial charge is 0.266 e. The molecule has 3 atom stereocenters. The first-order chi connectivity index (χ1) is 11.5. The highest BCUT2D eigenvalue weighted by Gasteiger charge is 2.49. The Labute approximate surface area is 142 Å². The van der Waals surface area contributed by atoms with Crippen molar-refractivity contribution in [2.24, 2.45) is 5.92 Å². The molecule has 6 heteroatoms. The molecule has 1 aromatic rings. The molecule has 3 rings (SSSR count). The van der Waals surface area contributed by atoms with E-state index in [-0.39, 0.29) is 11.8 Å². The molecule has 0 radical (unpaired) electrons. The second-order valence-corrected chi connectivity index (χ2v) is 7.12. The zero-order valence-electron chi connectivity index (χ0n) is 14.2. The number of aryl methyl sites for hydroxylation is 1. The van der Waals surface area contributed by atoms with Crippen LogP contribution in [0.5, 0.6) is 0 Å². The molecule has 24 heavy (non-hydrogen) atoms. The fourth-order valence-electron chi connectivity index (χ4n) is 3.95. The van der Waals surface area contributed by atoms with Gasteiger partial charge in [-0.15, -0.1) is 0 Å². The Hall–Kier alpha value is -1.92. The largest absolute Gasteiger partial charge is 0.329 e. The number of hydroxylamine groups is 1. The first kappa shape index (κ1) is 16.9. The highest BCUT2D eigenvalue weighted by molar-refractivity contribution is 5.94. The van der Waals surface area contributed by atoms with E-state index in [2.05, 4.69) is 5.32 Å². The Balaban J connectivity index is 1.88. The lowest BCUT2D eigenvalue weighted by molar-refractivity contribution is -0.145. The van der Waals surface area contributed by atoms with Crippen LogP contribution in [0.2, 0.25) is 0 Å². The summed E-state index contributed by atoms with van der Waals surface area (Å²) in [7, 11) is 0. The molecule has 6 nitrogen and oxygen atoms in total. The minimum Gasteiger partial charge on any atom is -0.329 e. The highest BCUT2D eigenvalue weighted by atomic mass is 16.5. The maximum atomic E-state index is 13.2. The number of benzene rings is 1. The second kappa shape index (κ2) is 6.53. The van der Waals surface area contributed by atoms with Gasteiger partial charge in [0.2, 0.25) is 5.91 Å². The molecular formula is C18H25N3O3. The van der Waals surface area contributed by atoms with E-state index in [4.69, 9.17) is 5.21 Å². The molecule has 0 spiro atoms. The number of amides is 2. The van der Waals surface area contributed by atoms with Gasteiger partial charge < -0.3 is 10.2 Å². The van der Waals surface area contributed by atoms with Crippen LogP contribution in [0, 0.1) is 12.8 Å². The summed E-state index contributed by atoms with van der Waals surface area (Å²) in [6.45, 7) is 6.00. The van der Waals surface area contributed by atoms with Gasteiger partial charge in [-0.05, 0) is 38.8 Å². The van der Waals surface area contributed by atoms with Gasteiger partial charge in [-0.3, -0.25) is 14.8 Å². The predicted octanol–water partition coefficient (Wildman–Crippen LogP) is 0.969. The highest BCUT2D eigenvalue weighted by Crippen LogP contribution is 2.38. The quantitative estimate of drug-likeness (QED) is 0.567. The third kappa shape index (κ3) is 2.80. The van der Waals surface area contributed by atoms with Crippen molar-refractivity contribution >= 4 is 11.8 Å². The first-order valence-electron chi connectivity index (χ1n) is 8.50. The average Bonchev–Trinajstić information content (AvgIpc) is 3.20. The number of carbonyl (C=O) groups excluding carboxylic acids is 2. The van der Waals surface area contributed by atoms with Crippen LogP contribution < -0.4 is 10.8 Å². The summed E-state index contributed by atoms with van der Waals surface area (Å²) in [5.74, 6) is -0.501. The van der Waals surface area contributed by atoms with Crippen molar-refractivity contribution in [3.05, 3.63) is 35.4 Å². The third-order valence-corrected chi connectivity index (χ3v) is 5.53. The van der Waals surface area contributed by atoms with E-state index in [1.54, 1.807) is 10.4 Å². The SMILES string of the molecule is Cc1ccc(C2(C)CCN(C(C(=O)NO)C3CCNC3)C2=O)cc1. The van der Waals surface area contributed by atoms with Gasteiger partial charge in [0, 0.05) is 19.0 Å². The lowest BCUT2D eigenvalue weighted by Crippen LogP contribution is -2.53. The van der Waals surface area contributed by atoms with E-state index in [9.17, 15) is 9.59 Å². The summed E-state index contributed by atoms with van der Waals surface area (Å²) >= 11 is 0. The molecule has 130 valence electrons. The second-order valence-electron chi connectivity index (χ2n) is 7.12. The summed E-state index contributed by atoms with van der Waals surface area (Å²) in [6, 6.07) is 7.39. The Morgan fingerprint density at radius 2 is 2.12 bits per heavy atom. The lowest BCUT2D eigenvalue weighted by atomic mass is 9.80. The number of rotatable bonds is 4. The van der Waals surface area contributed by atoms with Crippen LogP contribution in [0.1, 0.15) is 30.9 Å². The maximum absolute atomic E-state index is 13.2. The standard InChI is InChI=1S/C18H25N3O3/c1-12-3-5-14(6-4-12)18(2)8-10-21(17(18)23)15(16(22)20-24)13-7-9-19-11-13/h3-6,13,15,19,24H,7-11H2,1-2H3,(H,20,22). The van der Waals surface area contributed by atoms with E-state index in [1.807, 2.05) is 38.1 Å². The molecule has 2 saturated heterocycles. The van der Waals surface area contributed by atoms with Gasteiger partial charge in [0.15, 0.2) is 0 Å². The van der Waals surface area contributed by atoms with Gasteiger partial charge in [0.25, 0.3) is 5.91 Å². The first-order valence-corrected chi connectivity index (χ1v) is 8.50. The normalized spacial score (nSPS) is 28.2. The van der Waals surface area contributed by atoms with Gasteiger partial charge in [-0.1, -0.05) is 29.8 Å². The van der Waals surface area contributed by atoms with Crippen molar-refractivity contribution in [3.63, 3.8) is 0 Å². The minimum atomic E-state index is -0.621. The maximum Gasteiger partial charge on any atom is 0.266 e. The Kier molecular flexibility index (Phi) is 4.60.